The fourth-order valence-corrected chi connectivity index (χ4v) is 4.06. The first-order valence-corrected chi connectivity index (χ1v) is 8.55. The van der Waals surface area contributed by atoms with Gasteiger partial charge in [-0.15, -0.1) is 0 Å². The molecule has 1 aliphatic carbocycles. The smallest absolute Gasteiger partial charge is 0.0648 e. The third-order valence-electron chi connectivity index (χ3n) is 4.15. The maximum Gasteiger partial charge on any atom is 0.0648 e. The highest BCUT2D eigenvalue weighted by atomic mass is 127. The van der Waals surface area contributed by atoms with Crippen molar-refractivity contribution in [1.29, 1.82) is 0 Å². The van der Waals surface area contributed by atoms with E-state index in [1.807, 2.05) is 6.07 Å². The molecule has 0 radical (unpaired) electrons. The van der Waals surface area contributed by atoms with Gasteiger partial charge in [0.25, 0.3) is 0 Å². The van der Waals surface area contributed by atoms with Gasteiger partial charge in [-0.3, -0.25) is 0 Å². The quantitative estimate of drug-likeness (QED) is 0.613. The van der Waals surface area contributed by atoms with E-state index in [1.165, 1.54) is 29.3 Å². The van der Waals surface area contributed by atoms with Gasteiger partial charge in [0, 0.05) is 9.61 Å². The van der Waals surface area contributed by atoms with Gasteiger partial charge in [0.1, 0.15) is 0 Å². The summed E-state index contributed by atoms with van der Waals surface area (Å²) in [6.45, 7) is 7.06. The molecule has 1 fully saturated rings. The maximum atomic E-state index is 6.34. The van der Waals surface area contributed by atoms with Crippen LogP contribution in [0.25, 0.3) is 0 Å². The van der Waals surface area contributed by atoms with Gasteiger partial charge in [-0.2, -0.15) is 0 Å². The first-order chi connectivity index (χ1) is 8.88. The number of hydrogen-bond donors (Lipinski definition) is 1. The van der Waals surface area contributed by atoms with Crippen molar-refractivity contribution in [2.24, 2.45) is 11.3 Å². The minimum Gasteiger partial charge on any atom is -0.381 e. The van der Waals surface area contributed by atoms with Crippen molar-refractivity contribution in [2.45, 2.75) is 52.5 Å². The van der Waals surface area contributed by atoms with Gasteiger partial charge in [0.2, 0.25) is 0 Å². The third-order valence-corrected chi connectivity index (χ3v) is 5.13. The zero-order valence-electron chi connectivity index (χ0n) is 12.0. The highest BCUT2D eigenvalue weighted by molar-refractivity contribution is 14.1. The second-order valence-electron chi connectivity index (χ2n) is 6.63. The molecule has 0 aliphatic heterocycles. The molecule has 0 aromatic heterocycles. The number of benzene rings is 1. The fourth-order valence-electron chi connectivity index (χ4n) is 3.15. The van der Waals surface area contributed by atoms with Crippen LogP contribution in [0.3, 0.4) is 0 Å². The Morgan fingerprint density at radius 1 is 1.21 bits per heavy atom. The average Bonchev–Trinajstić information content (AvgIpc) is 2.32. The summed E-state index contributed by atoms with van der Waals surface area (Å²) in [6.07, 6.45) is 5.26. The molecule has 1 N–H and O–H groups in total. The van der Waals surface area contributed by atoms with Crippen LogP contribution in [0.15, 0.2) is 18.2 Å². The van der Waals surface area contributed by atoms with Crippen molar-refractivity contribution >= 4 is 39.9 Å². The molecule has 0 bridgehead atoms. The molecule has 0 heterocycles. The maximum absolute atomic E-state index is 6.34. The molecule has 2 unspecified atom stereocenters. The lowest BCUT2D eigenvalue weighted by Crippen LogP contribution is -2.39. The molecule has 1 aromatic carbocycles. The van der Waals surface area contributed by atoms with Crippen molar-refractivity contribution in [2.75, 3.05) is 5.32 Å². The number of halogens is 2. The van der Waals surface area contributed by atoms with E-state index in [0.717, 1.165) is 16.6 Å². The minimum atomic E-state index is 0.355. The number of hydrogen-bond acceptors (Lipinski definition) is 1. The molecule has 1 nitrogen and oxygen atoms in total. The lowest BCUT2D eigenvalue weighted by atomic mass is 9.69. The van der Waals surface area contributed by atoms with Crippen LogP contribution in [0.4, 0.5) is 5.69 Å². The molecule has 2 rings (SSSR count). The Balaban J connectivity index is 2.15. The van der Waals surface area contributed by atoms with Crippen LogP contribution in [0, 0.1) is 14.9 Å². The molecule has 2 atom stereocenters. The van der Waals surface area contributed by atoms with E-state index in [4.69, 9.17) is 11.6 Å². The van der Waals surface area contributed by atoms with Gasteiger partial charge in [0.05, 0.1) is 10.7 Å². The van der Waals surface area contributed by atoms with E-state index in [2.05, 4.69) is 60.8 Å². The molecule has 0 saturated heterocycles. The molecule has 0 spiro atoms. The Labute approximate surface area is 135 Å². The second-order valence-corrected chi connectivity index (χ2v) is 8.28. The monoisotopic (exact) mass is 391 g/mol. The SMILES string of the molecule is CC(C)(C)C1CCCCC1Nc1ccc(I)cc1Cl. The van der Waals surface area contributed by atoms with Gasteiger partial charge in [-0.1, -0.05) is 45.2 Å². The Bertz CT molecular complexity index is 439. The summed E-state index contributed by atoms with van der Waals surface area (Å²) in [5.74, 6) is 0.719. The van der Waals surface area contributed by atoms with E-state index in [9.17, 15) is 0 Å². The lowest BCUT2D eigenvalue weighted by Gasteiger charge is -2.41. The highest BCUT2D eigenvalue weighted by Gasteiger charge is 2.34. The van der Waals surface area contributed by atoms with Crippen molar-refractivity contribution in [1.82, 2.24) is 0 Å². The Hall–Kier alpha value is 0.0400. The molecule has 1 saturated carbocycles. The summed E-state index contributed by atoms with van der Waals surface area (Å²) in [5.41, 5.74) is 1.44. The molecular weight excluding hydrogens is 369 g/mol. The van der Waals surface area contributed by atoms with Crippen LogP contribution in [0.1, 0.15) is 46.5 Å². The molecule has 106 valence electrons. The van der Waals surface area contributed by atoms with Gasteiger partial charge >= 0.3 is 0 Å². The van der Waals surface area contributed by atoms with E-state index < -0.39 is 0 Å². The summed E-state index contributed by atoms with van der Waals surface area (Å²) in [6, 6.07) is 6.80. The van der Waals surface area contributed by atoms with Crippen LogP contribution in [-0.2, 0) is 0 Å². The van der Waals surface area contributed by atoms with E-state index >= 15 is 0 Å². The summed E-state index contributed by atoms with van der Waals surface area (Å²) in [7, 11) is 0. The normalized spacial score (nSPS) is 24.3. The van der Waals surface area contributed by atoms with Crippen LogP contribution in [0.2, 0.25) is 5.02 Å². The standard InChI is InChI=1S/C16H23ClIN/c1-16(2,3)12-6-4-5-7-14(12)19-15-9-8-11(18)10-13(15)17/h8-10,12,14,19H,4-7H2,1-3H3. The summed E-state index contributed by atoms with van der Waals surface area (Å²) >= 11 is 8.64. The Morgan fingerprint density at radius 3 is 2.53 bits per heavy atom. The fraction of sp³-hybridized carbons (Fsp3) is 0.625. The van der Waals surface area contributed by atoms with E-state index in [-0.39, 0.29) is 0 Å². The van der Waals surface area contributed by atoms with Crippen LogP contribution < -0.4 is 5.32 Å². The average molecular weight is 392 g/mol. The van der Waals surface area contributed by atoms with Crippen molar-refractivity contribution in [3.8, 4) is 0 Å². The molecule has 3 heteroatoms. The number of nitrogens with one attached hydrogen (secondary N) is 1. The van der Waals surface area contributed by atoms with Gasteiger partial charge < -0.3 is 5.32 Å². The summed E-state index contributed by atoms with van der Waals surface area (Å²) < 4.78 is 1.18. The van der Waals surface area contributed by atoms with Crippen LogP contribution >= 0.6 is 34.2 Å². The molecule has 1 aromatic rings. The molecule has 0 amide bonds. The van der Waals surface area contributed by atoms with Gasteiger partial charge in [-0.25, -0.2) is 0 Å². The largest absolute Gasteiger partial charge is 0.381 e. The summed E-state index contributed by atoms with van der Waals surface area (Å²) in [5, 5.41) is 4.54. The molecular formula is C16H23ClIN. The Morgan fingerprint density at radius 2 is 1.89 bits per heavy atom. The van der Waals surface area contributed by atoms with Gasteiger partial charge in [0.15, 0.2) is 0 Å². The first-order valence-electron chi connectivity index (χ1n) is 7.09. The number of anilines is 1. The topological polar surface area (TPSA) is 12.0 Å². The molecule has 1 aliphatic rings. The van der Waals surface area contributed by atoms with Gasteiger partial charge in [-0.05, 0) is 65.0 Å². The zero-order valence-corrected chi connectivity index (χ0v) is 14.9. The predicted molar refractivity (Wildman–Crippen MR) is 93.0 cm³/mol. The first kappa shape index (κ1) is 15.4. The third kappa shape index (κ3) is 4.01. The Kier molecular flexibility index (Phi) is 5.04. The summed E-state index contributed by atoms with van der Waals surface area (Å²) in [4.78, 5) is 0. The number of rotatable bonds is 2. The molecule has 19 heavy (non-hydrogen) atoms. The van der Waals surface area contributed by atoms with Crippen molar-refractivity contribution < 1.29 is 0 Å². The lowest BCUT2D eigenvalue weighted by molar-refractivity contribution is 0.163. The van der Waals surface area contributed by atoms with Crippen LogP contribution in [0.5, 0.6) is 0 Å². The van der Waals surface area contributed by atoms with Crippen LogP contribution in [-0.4, -0.2) is 6.04 Å². The zero-order chi connectivity index (χ0) is 14.0. The van der Waals surface area contributed by atoms with Crippen molar-refractivity contribution in [3.63, 3.8) is 0 Å². The second kappa shape index (κ2) is 6.21. The predicted octanol–water partition coefficient (Wildman–Crippen LogP) is 5.96. The highest BCUT2D eigenvalue weighted by Crippen LogP contribution is 2.40. The van der Waals surface area contributed by atoms with Crippen molar-refractivity contribution in [3.05, 3.63) is 26.8 Å². The minimum absolute atomic E-state index is 0.355. The van der Waals surface area contributed by atoms with E-state index in [1.54, 1.807) is 0 Å². The van der Waals surface area contributed by atoms with E-state index in [0.29, 0.717) is 11.5 Å².